The molecule has 1 fully saturated rings. The minimum Gasteiger partial charge on any atom is -0.384 e. The van der Waals surface area contributed by atoms with Gasteiger partial charge in [-0.25, -0.2) is 13.4 Å². The summed E-state index contributed by atoms with van der Waals surface area (Å²) in [5, 5.41) is 11.5. The van der Waals surface area contributed by atoms with Crippen LogP contribution in [0.5, 0.6) is 0 Å². The van der Waals surface area contributed by atoms with Gasteiger partial charge in [0, 0.05) is 0 Å². The fourth-order valence-electron chi connectivity index (χ4n) is 1.73. The normalized spacial score (nSPS) is 20.6. The van der Waals surface area contributed by atoms with E-state index in [2.05, 4.69) is 22.1 Å². The molecule has 2 N–H and O–H groups in total. The van der Waals surface area contributed by atoms with Crippen LogP contribution in [0, 0.1) is 17.8 Å². The lowest BCUT2D eigenvalue weighted by Gasteiger charge is -2.05. The van der Waals surface area contributed by atoms with E-state index in [-0.39, 0.29) is 24.0 Å². The van der Waals surface area contributed by atoms with Crippen LogP contribution in [0.1, 0.15) is 11.3 Å². The molecule has 0 aliphatic carbocycles. The van der Waals surface area contributed by atoms with Crippen molar-refractivity contribution in [1.82, 2.24) is 4.98 Å². The second-order valence-electron chi connectivity index (χ2n) is 4.08. The van der Waals surface area contributed by atoms with Crippen LogP contribution in [-0.4, -0.2) is 42.5 Å². The number of carbonyl (C=O) groups is 1. The van der Waals surface area contributed by atoms with Gasteiger partial charge in [0.2, 0.25) is 5.91 Å². The summed E-state index contributed by atoms with van der Waals surface area (Å²) in [6.07, 6.45) is 1.85. The number of rotatable bonds is 2. The molecule has 1 saturated heterocycles. The number of hydrogen-bond acceptors (Lipinski definition) is 6. The Balaban J connectivity index is 1.98. The molecule has 0 aromatic carbocycles. The van der Waals surface area contributed by atoms with Crippen molar-refractivity contribution in [3.8, 4) is 11.8 Å². The molecule has 19 heavy (non-hydrogen) atoms. The third-order valence-corrected chi connectivity index (χ3v) is 5.23. The minimum atomic E-state index is -3.07. The average Bonchev–Trinajstić information content (AvgIpc) is 2.93. The molecule has 2 heterocycles. The summed E-state index contributed by atoms with van der Waals surface area (Å²) in [6, 6.07) is 0. The molecule has 6 nitrogen and oxygen atoms in total. The van der Waals surface area contributed by atoms with Crippen LogP contribution in [-0.2, 0) is 14.6 Å². The molecule has 1 aliphatic rings. The first-order chi connectivity index (χ1) is 9.00. The molecule has 1 atom stereocenters. The fraction of sp³-hybridized carbons (Fsp3) is 0.455. The molecule has 102 valence electrons. The van der Waals surface area contributed by atoms with E-state index >= 15 is 0 Å². The van der Waals surface area contributed by atoms with Crippen LogP contribution in [0.25, 0.3) is 0 Å². The molecule has 0 radical (unpaired) electrons. The number of aliphatic hydroxyl groups is 1. The third-order valence-electron chi connectivity index (χ3n) is 2.63. The van der Waals surface area contributed by atoms with Crippen LogP contribution in [0.4, 0.5) is 5.13 Å². The Morgan fingerprint density at radius 3 is 3.05 bits per heavy atom. The Kier molecular flexibility index (Phi) is 4.19. The molecule has 1 unspecified atom stereocenters. The number of sulfone groups is 1. The minimum absolute atomic E-state index is 0.0657. The lowest BCUT2D eigenvalue weighted by Crippen LogP contribution is -2.23. The zero-order valence-corrected chi connectivity index (χ0v) is 11.6. The second-order valence-corrected chi connectivity index (χ2v) is 7.34. The van der Waals surface area contributed by atoms with Crippen molar-refractivity contribution in [2.24, 2.45) is 5.92 Å². The quantitative estimate of drug-likeness (QED) is 0.741. The molecule has 0 saturated carbocycles. The van der Waals surface area contributed by atoms with Gasteiger partial charge in [0.25, 0.3) is 0 Å². The maximum absolute atomic E-state index is 11.8. The third kappa shape index (κ3) is 3.76. The average molecular weight is 300 g/mol. The molecular weight excluding hydrogens is 288 g/mol. The number of amides is 1. The van der Waals surface area contributed by atoms with Gasteiger partial charge >= 0.3 is 0 Å². The van der Waals surface area contributed by atoms with Gasteiger partial charge in [-0.1, -0.05) is 23.2 Å². The van der Waals surface area contributed by atoms with Gasteiger partial charge in [0.05, 0.1) is 28.5 Å². The smallest absolute Gasteiger partial charge is 0.230 e. The van der Waals surface area contributed by atoms with Crippen molar-refractivity contribution < 1.29 is 18.3 Å². The van der Waals surface area contributed by atoms with Crippen molar-refractivity contribution in [2.75, 3.05) is 23.4 Å². The zero-order chi connectivity index (χ0) is 13.9. The molecule has 0 spiro atoms. The number of nitrogens with one attached hydrogen (secondary N) is 1. The number of thiazole rings is 1. The first-order valence-electron chi connectivity index (χ1n) is 5.57. The van der Waals surface area contributed by atoms with Crippen molar-refractivity contribution in [1.29, 1.82) is 0 Å². The summed E-state index contributed by atoms with van der Waals surface area (Å²) < 4.78 is 22.6. The van der Waals surface area contributed by atoms with Crippen molar-refractivity contribution in [3.05, 3.63) is 11.1 Å². The summed E-state index contributed by atoms with van der Waals surface area (Å²) in [5.41, 5.74) is 0. The first-order valence-corrected chi connectivity index (χ1v) is 8.21. The molecule has 2 rings (SSSR count). The van der Waals surface area contributed by atoms with Crippen molar-refractivity contribution in [2.45, 2.75) is 6.42 Å². The van der Waals surface area contributed by atoms with Crippen LogP contribution in [0.15, 0.2) is 6.20 Å². The molecule has 8 heteroatoms. The highest BCUT2D eigenvalue weighted by Gasteiger charge is 2.33. The fourth-order valence-corrected chi connectivity index (χ4v) is 4.16. The van der Waals surface area contributed by atoms with E-state index < -0.39 is 15.8 Å². The highest BCUT2D eigenvalue weighted by atomic mass is 32.2. The largest absolute Gasteiger partial charge is 0.384 e. The van der Waals surface area contributed by atoms with E-state index in [9.17, 15) is 13.2 Å². The number of hydrogen-bond donors (Lipinski definition) is 2. The molecule has 1 aromatic rings. The van der Waals surface area contributed by atoms with Crippen LogP contribution < -0.4 is 5.32 Å². The summed E-state index contributed by atoms with van der Waals surface area (Å²) in [5.74, 6) is 4.31. The highest BCUT2D eigenvalue weighted by molar-refractivity contribution is 7.91. The van der Waals surface area contributed by atoms with E-state index in [1.807, 2.05) is 0 Å². The lowest BCUT2D eigenvalue weighted by molar-refractivity contribution is -0.119. The van der Waals surface area contributed by atoms with Crippen molar-refractivity contribution >= 4 is 32.2 Å². The van der Waals surface area contributed by atoms with E-state index in [1.165, 1.54) is 17.5 Å². The first kappa shape index (κ1) is 14.0. The van der Waals surface area contributed by atoms with Gasteiger partial charge in [-0.3, -0.25) is 4.79 Å². The predicted molar refractivity (Wildman–Crippen MR) is 71.5 cm³/mol. The van der Waals surface area contributed by atoms with Gasteiger partial charge in [-0.2, -0.15) is 0 Å². The SMILES string of the molecule is O=C(Nc1ncc(C#CCO)s1)C1CCS(=O)(=O)C1. The molecule has 0 bridgehead atoms. The van der Waals surface area contributed by atoms with Crippen LogP contribution in [0.2, 0.25) is 0 Å². The lowest BCUT2D eigenvalue weighted by atomic mass is 10.1. The predicted octanol–water partition coefficient (Wildman–Crippen LogP) is -0.140. The highest BCUT2D eigenvalue weighted by Crippen LogP contribution is 2.22. The Morgan fingerprint density at radius 2 is 2.42 bits per heavy atom. The summed E-state index contributed by atoms with van der Waals surface area (Å²) >= 11 is 1.18. The van der Waals surface area contributed by atoms with E-state index in [1.54, 1.807) is 0 Å². The van der Waals surface area contributed by atoms with Gasteiger partial charge in [-0.15, -0.1) is 0 Å². The van der Waals surface area contributed by atoms with Gasteiger partial charge < -0.3 is 10.4 Å². The maximum atomic E-state index is 11.8. The second kappa shape index (κ2) is 5.69. The molecular formula is C11H12N2O4S2. The van der Waals surface area contributed by atoms with E-state index in [0.717, 1.165) is 0 Å². The Morgan fingerprint density at radius 1 is 1.63 bits per heavy atom. The van der Waals surface area contributed by atoms with E-state index in [4.69, 9.17) is 5.11 Å². The Hall–Kier alpha value is -1.43. The number of aromatic nitrogens is 1. The van der Waals surface area contributed by atoms with Crippen LogP contribution >= 0.6 is 11.3 Å². The standard InChI is InChI=1S/C11H12N2O4S2/c14-4-1-2-9-6-12-11(18-9)13-10(15)8-3-5-19(16,17)7-8/h6,8,14H,3-5,7H2,(H,12,13,15). The summed E-state index contributed by atoms with van der Waals surface area (Å²) in [7, 11) is -3.07. The molecule has 1 amide bonds. The van der Waals surface area contributed by atoms with E-state index in [0.29, 0.717) is 16.4 Å². The number of aliphatic hydroxyl groups excluding tert-OH is 1. The van der Waals surface area contributed by atoms with Gasteiger partial charge in [-0.05, 0) is 6.42 Å². The van der Waals surface area contributed by atoms with Gasteiger partial charge in [0.1, 0.15) is 6.61 Å². The molecule has 1 aromatic heterocycles. The maximum Gasteiger partial charge on any atom is 0.230 e. The summed E-state index contributed by atoms with van der Waals surface area (Å²) in [4.78, 5) is 16.4. The monoisotopic (exact) mass is 300 g/mol. The summed E-state index contributed by atoms with van der Waals surface area (Å²) in [6.45, 7) is -0.237. The molecule has 1 aliphatic heterocycles. The van der Waals surface area contributed by atoms with Gasteiger partial charge in [0.15, 0.2) is 15.0 Å². The number of anilines is 1. The zero-order valence-electron chi connectivity index (χ0n) is 9.92. The Bertz CT molecular complexity index is 639. The Labute approximate surface area is 114 Å². The van der Waals surface area contributed by atoms with Crippen LogP contribution in [0.3, 0.4) is 0 Å². The topological polar surface area (TPSA) is 96.4 Å². The number of carbonyl (C=O) groups excluding carboxylic acids is 1. The number of nitrogens with zero attached hydrogens (tertiary/aromatic N) is 1. The van der Waals surface area contributed by atoms with Crippen molar-refractivity contribution in [3.63, 3.8) is 0 Å².